The van der Waals surface area contributed by atoms with Gasteiger partial charge < -0.3 is 15.1 Å². The summed E-state index contributed by atoms with van der Waals surface area (Å²) >= 11 is 8.46. The summed E-state index contributed by atoms with van der Waals surface area (Å²) in [5, 5.41) is 6.49. The number of rotatable bonds is 4. The molecular weight excluding hydrogens is 376 g/mol. The van der Waals surface area contributed by atoms with E-state index in [0.29, 0.717) is 22.1 Å². The second-order valence-corrected chi connectivity index (χ2v) is 5.88. The normalized spacial score (nSPS) is 10.3. The van der Waals surface area contributed by atoms with Crippen LogP contribution in [0.3, 0.4) is 0 Å². The van der Waals surface area contributed by atoms with E-state index < -0.39 is 0 Å². The molecule has 7 heteroatoms. The second kappa shape index (κ2) is 7.34. The Balaban J connectivity index is 1.55. The zero-order valence-corrected chi connectivity index (χ0v) is 14.4. The van der Waals surface area contributed by atoms with Gasteiger partial charge in [0.15, 0.2) is 10.9 Å². The van der Waals surface area contributed by atoms with Gasteiger partial charge in [-0.1, -0.05) is 30.3 Å². The van der Waals surface area contributed by atoms with Gasteiger partial charge in [-0.05, 0) is 40.3 Å². The maximum Gasteiger partial charge on any atom is 0.172 e. The molecule has 23 heavy (non-hydrogen) atoms. The van der Waals surface area contributed by atoms with E-state index in [1.165, 1.54) is 0 Å². The zero-order valence-electron chi connectivity index (χ0n) is 12.0. The van der Waals surface area contributed by atoms with Crippen molar-refractivity contribution in [1.29, 1.82) is 0 Å². The molecule has 0 saturated carbocycles. The van der Waals surface area contributed by atoms with Crippen LogP contribution in [0.1, 0.15) is 5.76 Å². The molecule has 1 aromatic carbocycles. The molecule has 2 aromatic heterocycles. The third-order valence-corrected chi connectivity index (χ3v) is 3.66. The van der Waals surface area contributed by atoms with E-state index in [9.17, 15) is 0 Å². The Morgan fingerprint density at radius 2 is 1.91 bits per heavy atom. The molecular formula is C16H13BrN4OS. The van der Waals surface area contributed by atoms with Crippen LogP contribution in [-0.2, 0) is 6.54 Å². The fraction of sp³-hybridized carbons (Fsp3) is 0.0625. The number of halogens is 1. The summed E-state index contributed by atoms with van der Waals surface area (Å²) in [5.41, 5.74) is 1.05. The van der Waals surface area contributed by atoms with Crippen molar-refractivity contribution in [2.24, 2.45) is 0 Å². The quantitative estimate of drug-likeness (QED) is 0.658. The Morgan fingerprint density at radius 3 is 2.65 bits per heavy atom. The molecule has 0 atom stereocenters. The van der Waals surface area contributed by atoms with Crippen molar-refractivity contribution < 1.29 is 4.42 Å². The Kier molecular flexibility index (Phi) is 4.99. The molecule has 0 unspecified atom stereocenters. The first-order valence-electron chi connectivity index (χ1n) is 6.87. The number of furan rings is 1. The van der Waals surface area contributed by atoms with E-state index in [1.807, 2.05) is 42.5 Å². The number of anilines is 1. The van der Waals surface area contributed by atoms with Gasteiger partial charge >= 0.3 is 0 Å². The van der Waals surface area contributed by atoms with Crippen molar-refractivity contribution in [2.45, 2.75) is 6.54 Å². The molecule has 0 aliphatic carbocycles. The summed E-state index contributed by atoms with van der Waals surface area (Å²) in [6.45, 7) is 0.489. The summed E-state index contributed by atoms with van der Waals surface area (Å²) in [4.78, 5) is 8.22. The van der Waals surface area contributed by atoms with Crippen molar-refractivity contribution in [1.82, 2.24) is 15.3 Å². The van der Waals surface area contributed by atoms with E-state index in [-0.39, 0.29) is 0 Å². The summed E-state index contributed by atoms with van der Waals surface area (Å²) in [7, 11) is 0. The third kappa shape index (κ3) is 4.37. The zero-order chi connectivity index (χ0) is 16.1. The fourth-order valence-electron chi connectivity index (χ4n) is 1.94. The van der Waals surface area contributed by atoms with E-state index in [2.05, 4.69) is 36.5 Å². The number of thiocarbonyl (C=S) groups is 1. The van der Waals surface area contributed by atoms with Gasteiger partial charge in [-0.2, -0.15) is 0 Å². The summed E-state index contributed by atoms with van der Waals surface area (Å²) in [5.74, 6) is 2.21. The Bertz CT molecular complexity index is 789. The maximum atomic E-state index is 5.80. The number of nitrogens with zero attached hydrogens (tertiary/aromatic N) is 2. The molecule has 5 nitrogen and oxygen atoms in total. The van der Waals surface area contributed by atoms with Gasteiger partial charge in [-0.15, -0.1) is 0 Å². The largest absolute Gasteiger partial charge is 0.459 e. The molecule has 2 N–H and O–H groups in total. The molecule has 0 fully saturated rings. The van der Waals surface area contributed by atoms with Crippen LogP contribution < -0.4 is 10.6 Å². The number of aromatic nitrogens is 2. The number of nitrogens with one attached hydrogen (secondary N) is 2. The second-order valence-electron chi connectivity index (χ2n) is 4.66. The summed E-state index contributed by atoms with van der Waals surface area (Å²) in [6.07, 6.45) is 3.20. The van der Waals surface area contributed by atoms with Crippen molar-refractivity contribution >= 4 is 39.1 Å². The molecule has 2 heterocycles. The smallest absolute Gasteiger partial charge is 0.172 e. The van der Waals surface area contributed by atoms with Gasteiger partial charge in [0.1, 0.15) is 16.1 Å². The lowest BCUT2D eigenvalue weighted by Crippen LogP contribution is -2.28. The van der Waals surface area contributed by atoms with Crippen LogP contribution in [0.25, 0.3) is 11.3 Å². The van der Waals surface area contributed by atoms with Gasteiger partial charge in [0.2, 0.25) is 0 Å². The molecule has 3 aromatic rings. The number of hydrogen-bond donors (Lipinski definition) is 2. The molecule has 0 radical (unpaired) electrons. The Labute approximate surface area is 147 Å². The van der Waals surface area contributed by atoms with Crippen molar-refractivity contribution in [2.75, 3.05) is 5.32 Å². The standard InChI is InChI=1S/C16H13BrN4OS/c17-14-9-19-15(10-18-14)21-16(23)20-8-12-6-7-13(22-12)11-4-2-1-3-5-11/h1-7,9-10H,8H2,(H2,19,20,21,23). The highest BCUT2D eigenvalue weighted by atomic mass is 79.9. The highest BCUT2D eigenvalue weighted by Gasteiger charge is 2.05. The molecule has 0 amide bonds. The van der Waals surface area contributed by atoms with Gasteiger partial charge in [-0.25, -0.2) is 9.97 Å². The lowest BCUT2D eigenvalue weighted by molar-refractivity contribution is 0.516. The van der Waals surface area contributed by atoms with Crippen LogP contribution in [0.5, 0.6) is 0 Å². The SMILES string of the molecule is S=C(NCc1ccc(-c2ccccc2)o1)Nc1cnc(Br)cn1. The average Bonchev–Trinajstić information content (AvgIpc) is 3.05. The van der Waals surface area contributed by atoms with Gasteiger partial charge in [0.05, 0.1) is 18.9 Å². The summed E-state index contributed by atoms with van der Waals surface area (Å²) in [6, 6.07) is 13.8. The predicted octanol–water partition coefficient (Wildman–Crippen LogP) is 3.99. The molecule has 0 saturated heterocycles. The van der Waals surface area contributed by atoms with Crippen molar-refractivity contribution in [3.05, 3.63) is 65.2 Å². The Hall–Kier alpha value is -2.25. The molecule has 3 rings (SSSR count). The maximum absolute atomic E-state index is 5.80. The first-order chi connectivity index (χ1) is 11.2. The first kappa shape index (κ1) is 15.6. The van der Waals surface area contributed by atoms with Crippen LogP contribution in [0.15, 0.2) is 63.9 Å². The van der Waals surface area contributed by atoms with Crippen molar-refractivity contribution in [3.8, 4) is 11.3 Å². The minimum Gasteiger partial charge on any atom is -0.459 e. The van der Waals surface area contributed by atoms with E-state index >= 15 is 0 Å². The van der Waals surface area contributed by atoms with Crippen molar-refractivity contribution in [3.63, 3.8) is 0 Å². The lowest BCUT2D eigenvalue weighted by Gasteiger charge is -2.08. The van der Waals surface area contributed by atoms with E-state index in [4.69, 9.17) is 16.6 Å². The first-order valence-corrected chi connectivity index (χ1v) is 8.07. The number of hydrogen-bond acceptors (Lipinski definition) is 4. The third-order valence-electron chi connectivity index (χ3n) is 3.01. The number of benzene rings is 1. The van der Waals surface area contributed by atoms with Gasteiger partial charge in [-0.3, -0.25) is 0 Å². The summed E-state index contributed by atoms with van der Waals surface area (Å²) < 4.78 is 6.47. The predicted molar refractivity (Wildman–Crippen MR) is 96.9 cm³/mol. The monoisotopic (exact) mass is 388 g/mol. The van der Waals surface area contributed by atoms with Crippen LogP contribution in [0.2, 0.25) is 0 Å². The van der Waals surface area contributed by atoms with Gasteiger partial charge in [0, 0.05) is 5.56 Å². The van der Waals surface area contributed by atoms with Gasteiger partial charge in [0.25, 0.3) is 0 Å². The fourth-order valence-corrected chi connectivity index (χ4v) is 2.32. The van der Waals surface area contributed by atoms with Crippen LogP contribution in [0, 0.1) is 0 Å². The Morgan fingerprint density at radius 1 is 1.09 bits per heavy atom. The molecule has 0 spiro atoms. The minimum absolute atomic E-state index is 0.458. The van der Waals surface area contributed by atoms with Crippen LogP contribution in [0.4, 0.5) is 5.82 Å². The molecule has 116 valence electrons. The molecule has 0 aliphatic heterocycles. The molecule has 0 bridgehead atoms. The van der Waals surface area contributed by atoms with E-state index in [0.717, 1.165) is 17.1 Å². The van der Waals surface area contributed by atoms with Crippen LogP contribution in [-0.4, -0.2) is 15.1 Å². The highest BCUT2D eigenvalue weighted by molar-refractivity contribution is 9.10. The topological polar surface area (TPSA) is 63.0 Å². The van der Waals surface area contributed by atoms with Crippen LogP contribution >= 0.6 is 28.1 Å². The van der Waals surface area contributed by atoms with E-state index in [1.54, 1.807) is 12.4 Å². The molecule has 0 aliphatic rings. The lowest BCUT2D eigenvalue weighted by atomic mass is 10.2. The minimum atomic E-state index is 0.458. The average molecular weight is 389 g/mol. The highest BCUT2D eigenvalue weighted by Crippen LogP contribution is 2.21.